The summed E-state index contributed by atoms with van der Waals surface area (Å²) in [5, 5.41) is 2.55. The lowest BCUT2D eigenvalue weighted by Crippen LogP contribution is -1.81. The Hall–Kier alpha value is -2.61. The van der Waals surface area contributed by atoms with Gasteiger partial charge in [0.15, 0.2) is 0 Å². The molecule has 0 aliphatic rings. The van der Waals surface area contributed by atoms with Gasteiger partial charge >= 0.3 is 0 Å². The van der Waals surface area contributed by atoms with Crippen molar-refractivity contribution < 1.29 is 0 Å². The average Bonchev–Trinajstić information content (AvgIpc) is 2.94. The van der Waals surface area contributed by atoms with Crippen molar-refractivity contribution in [3.05, 3.63) is 67.0 Å². The number of imidazole rings is 1. The molecule has 0 aliphatic heterocycles. The summed E-state index contributed by atoms with van der Waals surface area (Å²) in [5.41, 5.74) is 4.55. The van der Waals surface area contributed by atoms with Crippen LogP contribution in [0, 0.1) is 0 Å². The Morgan fingerprint density at radius 2 is 1.74 bits per heavy atom. The number of hydrogen-bond donors (Lipinski definition) is 1. The van der Waals surface area contributed by atoms with Gasteiger partial charge < -0.3 is 4.98 Å². The highest BCUT2D eigenvalue weighted by Crippen LogP contribution is 2.29. The van der Waals surface area contributed by atoms with E-state index in [0.29, 0.717) is 0 Å². The van der Waals surface area contributed by atoms with Crippen LogP contribution >= 0.6 is 0 Å². The Bertz CT molecular complexity index is 869. The van der Waals surface area contributed by atoms with Gasteiger partial charge in [-0.3, -0.25) is 0 Å². The maximum atomic E-state index is 4.26. The molecule has 0 atom stereocenters. The first-order valence-corrected chi connectivity index (χ1v) is 6.33. The molecule has 1 N–H and O–H groups in total. The highest BCUT2D eigenvalue weighted by atomic mass is 14.9. The first kappa shape index (κ1) is 10.3. The zero-order chi connectivity index (χ0) is 12.7. The molecule has 0 saturated heterocycles. The second-order valence-corrected chi connectivity index (χ2v) is 4.66. The van der Waals surface area contributed by atoms with Crippen molar-refractivity contribution in [1.82, 2.24) is 9.97 Å². The molecule has 2 nitrogen and oxygen atoms in total. The lowest BCUT2D eigenvalue weighted by molar-refractivity contribution is 1.34. The molecule has 3 aromatic carbocycles. The largest absolute Gasteiger partial charge is 0.345 e. The van der Waals surface area contributed by atoms with Gasteiger partial charge in [0.25, 0.3) is 0 Å². The van der Waals surface area contributed by atoms with Crippen molar-refractivity contribution in [3.8, 4) is 11.1 Å². The molecule has 4 rings (SSSR count). The topological polar surface area (TPSA) is 28.7 Å². The minimum atomic E-state index is 1.00. The predicted molar refractivity (Wildman–Crippen MR) is 79.0 cm³/mol. The van der Waals surface area contributed by atoms with Gasteiger partial charge in [0.2, 0.25) is 0 Å². The quantitative estimate of drug-likeness (QED) is 0.528. The third-order valence-electron chi connectivity index (χ3n) is 3.52. The molecule has 1 aromatic heterocycles. The number of aromatic amines is 1. The van der Waals surface area contributed by atoms with Gasteiger partial charge in [-0.15, -0.1) is 0 Å². The lowest BCUT2D eigenvalue weighted by atomic mass is 9.98. The van der Waals surface area contributed by atoms with Crippen LogP contribution in [0.5, 0.6) is 0 Å². The Labute approximate surface area is 110 Å². The van der Waals surface area contributed by atoms with Gasteiger partial charge in [0.05, 0.1) is 17.4 Å². The SMILES string of the molecule is c1ccc2c(-c3ccc4nc[nH]c4c3)cccc2c1. The first-order chi connectivity index (χ1) is 9.42. The monoisotopic (exact) mass is 244 g/mol. The number of fused-ring (bicyclic) bond motifs is 2. The number of H-pyrrole nitrogens is 1. The van der Waals surface area contributed by atoms with E-state index in [1.165, 1.54) is 21.9 Å². The second-order valence-electron chi connectivity index (χ2n) is 4.66. The summed E-state index contributed by atoms with van der Waals surface area (Å²) in [6, 6.07) is 21.2. The van der Waals surface area contributed by atoms with E-state index in [9.17, 15) is 0 Å². The molecule has 90 valence electrons. The number of nitrogens with one attached hydrogen (secondary N) is 1. The Kier molecular flexibility index (Phi) is 2.15. The number of rotatable bonds is 1. The summed E-state index contributed by atoms with van der Waals surface area (Å²) in [6.45, 7) is 0. The molecule has 0 spiro atoms. The third-order valence-corrected chi connectivity index (χ3v) is 3.52. The van der Waals surface area contributed by atoms with Gasteiger partial charge in [-0.1, -0.05) is 48.5 Å². The standard InChI is InChI=1S/C17H12N2/c1-2-6-14-12(4-1)5-3-7-15(14)13-8-9-16-17(10-13)19-11-18-16/h1-11H,(H,18,19). The first-order valence-electron chi connectivity index (χ1n) is 6.33. The molecule has 0 saturated carbocycles. The van der Waals surface area contributed by atoms with E-state index in [4.69, 9.17) is 0 Å². The van der Waals surface area contributed by atoms with Crippen molar-refractivity contribution in [1.29, 1.82) is 0 Å². The van der Waals surface area contributed by atoms with Crippen LogP contribution in [0.3, 0.4) is 0 Å². The van der Waals surface area contributed by atoms with Crippen molar-refractivity contribution in [2.24, 2.45) is 0 Å². The van der Waals surface area contributed by atoms with Crippen LogP contribution in [0.4, 0.5) is 0 Å². The molecule has 0 bridgehead atoms. The number of benzene rings is 3. The molecule has 0 fully saturated rings. The minimum Gasteiger partial charge on any atom is -0.345 e. The van der Waals surface area contributed by atoms with E-state index >= 15 is 0 Å². The smallest absolute Gasteiger partial charge is 0.0931 e. The van der Waals surface area contributed by atoms with Gasteiger partial charge in [0, 0.05) is 0 Å². The number of nitrogens with zero attached hydrogens (tertiary/aromatic N) is 1. The van der Waals surface area contributed by atoms with Crippen molar-refractivity contribution in [2.75, 3.05) is 0 Å². The van der Waals surface area contributed by atoms with E-state index in [1.807, 2.05) is 0 Å². The molecule has 0 unspecified atom stereocenters. The molecule has 0 radical (unpaired) electrons. The van der Waals surface area contributed by atoms with Crippen molar-refractivity contribution >= 4 is 21.8 Å². The van der Waals surface area contributed by atoms with E-state index in [2.05, 4.69) is 70.6 Å². The van der Waals surface area contributed by atoms with Gasteiger partial charge in [0.1, 0.15) is 0 Å². The van der Waals surface area contributed by atoms with Gasteiger partial charge in [-0.25, -0.2) is 4.98 Å². The Balaban J connectivity index is 2.03. The van der Waals surface area contributed by atoms with Gasteiger partial charge in [-0.05, 0) is 34.0 Å². The highest BCUT2D eigenvalue weighted by Gasteiger charge is 2.04. The van der Waals surface area contributed by atoms with E-state index in [1.54, 1.807) is 6.33 Å². The minimum absolute atomic E-state index is 1.00. The molecule has 0 amide bonds. The number of aromatic nitrogens is 2. The van der Waals surface area contributed by atoms with Crippen LogP contribution < -0.4 is 0 Å². The lowest BCUT2D eigenvalue weighted by Gasteiger charge is -2.06. The fourth-order valence-corrected chi connectivity index (χ4v) is 2.58. The fourth-order valence-electron chi connectivity index (χ4n) is 2.58. The van der Waals surface area contributed by atoms with E-state index in [0.717, 1.165) is 11.0 Å². The van der Waals surface area contributed by atoms with E-state index in [-0.39, 0.29) is 0 Å². The number of hydrogen-bond acceptors (Lipinski definition) is 1. The van der Waals surface area contributed by atoms with Crippen molar-refractivity contribution in [2.45, 2.75) is 0 Å². The van der Waals surface area contributed by atoms with Crippen molar-refractivity contribution in [3.63, 3.8) is 0 Å². The van der Waals surface area contributed by atoms with Crippen LogP contribution in [-0.2, 0) is 0 Å². The Morgan fingerprint density at radius 1 is 0.842 bits per heavy atom. The van der Waals surface area contributed by atoms with Crippen LogP contribution in [0.25, 0.3) is 32.9 Å². The molecule has 1 heterocycles. The Morgan fingerprint density at radius 3 is 2.74 bits per heavy atom. The van der Waals surface area contributed by atoms with Crippen LogP contribution in [0.1, 0.15) is 0 Å². The predicted octanol–water partition coefficient (Wildman–Crippen LogP) is 4.38. The summed E-state index contributed by atoms with van der Waals surface area (Å²) in [5.74, 6) is 0. The maximum Gasteiger partial charge on any atom is 0.0931 e. The van der Waals surface area contributed by atoms with Crippen LogP contribution in [-0.4, -0.2) is 9.97 Å². The van der Waals surface area contributed by atoms with Gasteiger partial charge in [-0.2, -0.15) is 0 Å². The normalized spacial score (nSPS) is 11.2. The summed E-state index contributed by atoms with van der Waals surface area (Å²) in [7, 11) is 0. The zero-order valence-corrected chi connectivity index (χ0v) is 10.3. The van der Waals surface area contributed by atoms with E-state index < -0.39 is 0 Å². The maximum absolute atomic E-state index is 4.26. The van der Waals surface area contributed by atoms with Crippen LogP contribution in [0.2, 0.25) is 0 Å². The molecule has 2 heteroatoms. The highest BCUT2D eigenvalue weighted by molar-refractivity contribution is 5.98. The summed E-state index contributed by atoms with van der Waals surface area (Å²) >= 11 is 0. The molecular formula is C17H12N2. The second kappa shape index (κ2) is 3.95. The summed E-state index contributed by atoms with van der Waals surface area (Å²) in [6.07, 6.45) is 1.73. The molecule has 4 aromatic rings. The molecule has 0 aliphatic carbocycles. The average molecular weight is 244 g/mol. The molecular weight excluding hydrogens is 232 g/mol. The zero-order valence-electron chi connectivity index (χ0n) is 10.3. The summed E-state index contributed by atoms with van der Waals surface area (Å²) in [4.78, 5) is 7.43. The fraction of sp³-hybridized carbons (Fsp3) is 0. The third kappa shape index (κ3) is 1.61. The molecule has 19 heavy (non-hydrogen) atoms. The van der Waals surface area contributed by atoms with Crippen LogP contribution in [0.15, 0.2) is 67.0 Å². The summed E-state index contributed by atoms with van der Waals surface area (Å²) < 4.78 is 0.